The van der Waals surface area contributed by atoms with E-state index < -0.39 is 0 Å². The van der Waals surface area contributed by atoms with Crippen LogP contribution in [-0.4, -0.2) is 6.10 Å². The highest BCUT2D eigenvalue weighted by atomic mass is 79.9. The molecule has 1 aliphatic rings. The van der Waals surface area contributed by atoms with Crippen LogP contribution in [0.15, 0.2) is 40.9 Å². The summed E-state index contributed by atoms with van der Waals surface area (Å²) in [6, 6.07) is 12.5. The van der Waals surface area contributed by atoms with E-state index in [0.717, 1.165) is 27.8 Å². The molecule has 0 amide bonds. The monoisotopic (exact) mass is 331 g/mol. The molecule has 0 aromatic heterocycles. The van der Waals surface area contributed by atoms with Crippen molar-refractivity contribution in [3.05, 3.63) is 63.1 Å². The number of aryl methyl sites for hydroxylation is 1. The smallest absolute Gasteiger partial charge is 0.123 e. The molecule has 2 N–H and O–H groups in total. The van der Waals surface area contributed by atoms with Crippen LogP contribution in [0.3, 0.4) is 0 Å². The number of benzene rings is 2. The molecular formula is C17H18BrNO. The van der Waals surface area contributed by atoms with Crippen molar-refractivity contribution in [2.45, 2.75) is 32.4 Å². The summed E-state index contributed by atoms with van der Waals surface area (Å²) >= 11 is 3.61. The molecule has 2 aromatic carbocycles. The fraction of sp³-hybridized carbons (Fsp3) is 0.294. The second kappa shape index (κ2) is 5.23. The van der Waals surface area contributed by atoms with Crippen LogP contribution >= 0.6 is 15.9 Å². The van der Waals surface area contributed by atoms with Gasteiger partial charge in [-0.25, -0.2) is 0 Å². The first kappa shape index (κ1) is 13.7. The zero-order chi connectivity index (χ0) is 14.3. The molecule has 1 aliphatic heterocycles. The highest BCUT2D eigenvalue weighted by Crippen LogP contribution is 2.33. The van der Waals surface area contributed by atoms with Crippen LogP contribution in [0, 0.1) is 6.92 Å². The molecule has 3 rings (SSSR count). The summed E-state index contributed by atoms with van der Waals surface area (Å²) in [5.74, 6) is 0.997. The molecule has 0 spiro atoms. The van der Waals surface area contributed by atoms with E-state index in [4.69, 9.17) is 10.5 Å². The summed E-state index contributed by atoms with van der Waals surface area (Å²) in [7, 11) is 0. The van der Waals surface area contributed by atoms with E-state index in [-0.39, 0.29) is 12.1 Å². The van der Waals surface area contributed by atoms with E-state index in [1.807, 2.05) is 6.07 Å². The molecule has 0 saturated carbocycles. The third-order valence-corrected chi connectivity index (χ3v) is 4.46. The fourth-order valence-corrected chi connectivity index (χ4v) is 3.44. The molecule has 104 valence electrons. The van der Waals surface area contributed by atoms with Gasteiger partial charge in [0.25, 0.3) is 0 Å². The molecule has 0 radical (unpaired) electrons. The van der Waals surface area contributed by atoms with E-state index in [1.165, 1.54) is 11.1 Å². The molecule has 2 atom stereocenters. The first-order chi connectivity index (χ1) is 9.54. The summed E-state index contributed by atoms with van der Waals surface area (Å²) in [4.78, 5) is 0. The Hall–Kier alpha value is -1.32. The second-order valence-corrected chi connectivity index (χ2v) is 6.36. The van der Waals surface area contributed by atoms with Crippen LogP contribution in [0.1, 0.15) is 35.2 Å². The van der Waals surface area contributed by atoms with Crippen molar-refractivity contribution in [1.29, 1.82) is 0 Å². The van der Waals surface area contributed by atoms with Gasteiger partial charge in [0.15, 0.2) is 0 Å². The zero-order valence-electron chi connectivity index (χ0n) is 11.7. The number of nitrogens with two attached hydrogens (primary N) is 1. The van der Waals surface area contributed by atoms with E-state index in [1.54, 1.807) is 0 Å². The Balaban J connectivity index is 1.95. The molecule has 0 saturated heterocycles. The molecule has 3 heteroatoms. The summed E-state index contributed by atoms with van der Waals surface area (Å²) in [6.07, 6.45) is 1.23. The molecule has 2 unspecified atom stereocenters. The van der Waals surface area contributed by atoms with Crippen LogP contribution in [0.5, 0.6) is 5.75 Å². The standard InChI is InChI=1S/C17H18BrNO/c1-10-3-5-14(15(18)7-10)17(19)12-4-6-16-13(9-12)8-11(2)20-16/h3-7,9,11,17H,8,19H2,1-2H3. The molecular weight excluding hydrogens is 314 g/mol. The van der Waals surface area contributed by atoms with Gasteiger partial charge in [-0.3, -0.25) is 0 Å². The minimum atomic E-state index is -0.119. The van der Waals surface area contributed by atoms with Crippen molar-refractivity contribution in [2.75, 3.05) is 0 Å². The van der Waals surface area contributed by atoms with Crippen molar-refractivity contribution >= 4 is 15.9 Å². The number of hydrogen-bond acceptors (Lipinski definition) is 2. The number of halogens is 1. The van der Waals surface area contributed by atoms with E-state index in [0.29, 0.717) is 0 Å². The van der Waals surface area contributed by atoms with E-state index >= 15 is 0 Å². The lowest BCUT2D eigenvalue weighted by Gasteiger charge is -2.16. The summed E-state index contributed by atoms with van der Waals surface area (Å²) < 4.78 is 6.80. The van der Waals surface area contributed by atoms with Gasteiger partial charge in [-0.05, 0) is 48.2 Å². The topological polar surface area (TPSA) is 35.2 Å². The lowest BCUT2D eigenvalue weighted by molar-refractivity contribution is 0.254. The van der Waals surface area contributed by atoms with Gasteiger partial charge in [-0.15, -0.1) is 0 Å². The van der Waals surface area contributed by atoms with Gasteiger partial charge in [0, 0.05) is 10.9 Å². The lowest BCUT2D eigenvalue weighted by Crippen LogP contribution is -2.12. The van der Waals surface area contributed by atoms with Crippen LogP contribution in [0.25, 0.3) is 0 Å². The molecule has 0 aliphatic carbocycles. The van der Waals surface area contributed by atoms with Crippen molar-refractivity contribution < 1.29 is 4.74 Å². The number of fused-ring (bicyclic) bond motifs is 1. The highest BCUT2D eigenvalue weighted by Gasteiger charge is 2.21. The molecule has 2 aromatic rings. The summed E-state index contributed by atoms with van der Waals surface area (Å²) in [6.45, 7) is 4.17. The third kappa shape index (κ3) is 2.48. The van der Waals surface area contributed by atoms with Gasteiger partial charge in [0.1, 0.15) is 11.9 Å². The average Bonchev–Trinajstić information content (AvgIpc) is 2.77. The van der Waals surface area contributed by atoms with Crippen molar-refractivity contribution in [3.63, 3.8) is 0 Å². The van der Waals surface area contributed by atoms with Crippen LogP contribution in [0.2, 0.25) is 0 Å². The Morgan fingerprint density at radius 3 is 2.80 bits per heavy atom. The fourth-order valence-electron chi connectivity index (χ4n) is 2.70. The maximum Gasteiger partial charge on any atom is 0.123 e. The van der Waals surface area contributed by atoms with Gasteiger partial charge in [0.2, 0.25) is 0 Å². The van der Waals surface area contributed by atoms with Crippen molar-refractivity contribution in [2.24, 2.45) is 5.73 Å². The van der Waals surface area contributed by atoms with Gasteiger partial charge in [-0.2, -0.15) is 0 Å². The normalized spacial score (nSPS) is 18.5. The van der Waals surface area contributed by atoms with Crippen molar-refractivity contribution in [1.82, 2.24) is 0 Å². The first-order valence-electron chi connectivity index (χ1n) is 6.85. The van der Waals surface area contributed by atoms with Crippen LogP contribution in [0.4, 0.5) is 0 Å². The Labute approximate surface area is 128 Å². The van der Waals surface area contributed by atoms with Gasteiger partial charge in [-0.1, -0.05) is 40.2 Å². The quantitative estimate of drug-likeness (QED) is 0.897. The first-order valence-corrected chi connectivity index (χ1v) is 7.65. The maximum absolute atomic E-state index is 6.43. The van der Waals surface area contributed by atoms with E-state index in [9.17, 15) is 0 Å². The lowest BCUT2D eigenvalue weighted by atomic mass is 9.96. The highest BCUT2D eigenvalue weighted by molar-refractivity contribution is 9.10. The predicted octanol–water partition coefficient (Wildman–Crippen LogP) is 4.13. The maximum atomic E-state index is 6.43. The molecule has 2 nitrogen and oxygen atoms in total. The SMILES string of the molecule is Cc1ccc(C(N)c2ccc3c(c2)CC(C)O3)c(Br)c1. The molecule has 20 heavy (non-hydrogen) atoms. The van der Waals surface area contributed by atoms with E-state index in [2.05, 4.69) is 60.1 Å². The second-order valence-electron chi connectivity index (χ2n) is 5.50. The Morgan fingerprint density at radius 2 is 2.05 bits per heavy atom. The molecule has 0 fully saturated rings. The Kier molecular flexibility index (Phi) is 3.57. The zero-order valence-corrected chi connectivity index (χ0v) is 13.3. The van der Waals surface area contributed by atoms with Gasteiger partial charge in [0.05, 0.1) is 6.04 Å². The van der Waals surface area contributed by atoms with Crippen LogP contribution in [-0.2, 0) is 6.42 Å². The number of hydrogen-bond donors (Lipinski definition) is 1. The summed E-state index contributed by atoms with van der Waals surface area (Å²) in [5.41, 5.74) is 11.2. The largest absolute Gasteiger partial charge is 0.490 e. The average molecular weight is 332 g/mol. The Bertz CT molecular complexity index is 653. The molecule has 1 heterocycles. The van der Waals surface area contributed by atoms with Gasteiger partial charge >= 0.3 is 0 Å². The van der Waals surface area contributed by atoms with Gasteiger partial charge < -0.3 is 10.5 Å². The number of ether oxygens (including phenoxy) is 1. The van der Waals surface area contributed by atoms with Crippen LogP contribution < -0.4 is 10.5 Å². The number of rotatable bonds is 2. The summed E-state index contributed by atoms with van der Waals surface area (Å²) in [5, 5.41) is 0. The van der Waals surface area contributed by atoms with Crippen molar-refractivity contribution in [3.8, 4) is 5.75 Å². The molecule has 0 bridgehead atoms. The minimum Gasteiger partial charge on any atom is -0.490 e. The predicted molar refractivity (Wildman–Crippen MR) is 85.1 cm³/mol. The third-order valence-electron chi connectivity index (χ3n) is 3.77. The minimum absolute atomic E-state index is 0.119. The Morgan fingerprint density at radius 1 is 1.25 bits per heavy atom.